The van der Waals surface area contributed by atoms with Gasteiger partial charge in [-0.25, -0.2) is 0 Å². The summed E-state index contributed by atoms with van der Waals surface area (Å²) in [7, 11) is 2.24. The van der Waals surface area contributed by atoms with Crippen molar-refractivity contribution in [2.45, 2.75) is 32.6 Å². The lowest BCUT2D eigenvalue weighted by Gasteiger charge is -2.35. The second kappa shape index (κ2) is 7.46. The summed E-state index contributed by atoms with van der Waals surface area (Å²) in [5.74, 6) is 0.998. The maximum Gasteiger partial charge on any atom is 0.0110 e. The first-order chi connectivity index (χ1) is 8.78. The number of hydrogen-bond donors (Lipinski definition) is 0. The van der Waals surface area contributed by atoms with Gasteiger partial charge in [-0.3, -0.25) is 0 Å². The molecule has 0 aliphatic carbocycles. The second-order valence-electron chi connectivity index (χ2n) is 6.22. The first-order valence-corrected chi connectivity index (χ1v) is 7.91. The molecule has 18 heavy (non-hydrogen) atoms. The van der Waals surface area contributed by atoms with Crippen LogP contribution in [0.25, 0.3) is 0 Å². The Kier molecular flexibility index (Phi) is 5.93. The number of piperidine rings is 1. The number of likely N-dealkylation sites (tertiary alicyclic amines) is 1. The molecule has 0 radical (unpaired) electrons. The van der Waals surface area contributed by atoms with Gasteiger partial charge in [0.1, 0.15) is 0 Å². The first kappa shape index (κ1) is 14.3. The summed E-state index contributed by atoms with van der Waals surface area (Å²) in [5, 5.41) is 0. The molecule has 0 bridgehead atoms. The van der Waals surface area contributed by atoms with E-state index < -0.39 is 0 Å². The quantitative estimate of drug-likeness (QED) is 0.739. The Balaban J connectivity index is 1.57. The monoisotopic (exact) mass is 253 g/mol. The maximum atomic E-state index is 2.67. The second-order valence-corrected chi connectivity index (χ2v) is 6.22. The van der Waals surface area contributed by atoms with Gasteiger partial charge in [0, 0.05) is 26.2 Å². The van der Waals surface area contributed by atoms with Gasteiger partial charge in [0.05, 0.1) is 0 Å². The fourth-order valence-electron chi connectivity index (χ4n) is 3.25. The summed E-state index contributed by atoms with van der Waals surface area (Å²) in [5.41, 5.74) is 0. The molecule has 2 fully saturated rings. The van der Waals surface area contributed by atoms with E-state index >= 15 is 0 Å². The van der Waals surface area contributed by atoms with Crippen LogP contribution in [0, 0.1) is 5.92 Å². The third kappa shape index (κ3) is 4.52. The number of hydrogen-bond acceptors (Lipinski definition) is 3. The van der Waals surface area contributed by atoms with Crippen LogP contribution in [-0.4, -0.2) is 74.1 Å². The van der Waals surface area contributed by atoms with Crippen LogP contribution in [0.5, 0.6) is 0 Å². The molecule has 0 unspecified atom stereocenters. The van der Waals surface area contributed by atoms with Gasteiger partial charge in [-0.05, 0) is 64.8 Å². The van der Waals surface area contributed by atoms with Gasteiger partial charge in [-0.1, -0.05) is 6.92 Å². The Morgan fingerprint density at radius 1 is 0.833 bits per heavy atom. The zero-order valence-electron chi connectivity index (χ0n) is 12.4. The zero-order valence-corrected chi connectivity index (χ0v) is 12.4. The smallest absolute Gasteiger partial charge is 0.0110 e. The summed E-state index contributed by atoms with van der Waals surface area (Å²) < 4.78 is 0. The molecule has 0 aromatic heterocycles. The van der Waals surface area contributed by atoms with Crippen LogP contribution in [0.4, 0.5) is 0 Å². The highest BCUT2D eigenvalue weighted by Crippen LogP contribution is 2.21. The van der Waals surface area contributed by atoms with Crippen molar-refractivity contribution >= 4 is 0 Å². The minimum atomic E-state index is 0.998. The van der Waals surface area contributed by atoms with E-state index in [-0.39, 0.29) is 0 Å². The minimum absolute atomic E-state index is 0.998. The molecule has 0 N–H and O–H groups in total. The summed E-state index contributed by atoms with van der Waals surface area (Å²) in [6.07, 6.45) is 5.62. The average molecular weight is 253 g/mol. The molecule has 0 atom stereocenters. The van der Waals surface area contributed by atoms with E-state index in [0.29, 0.717) is 0 Å². The molecule has 0 amide bonds. The van der Waals surface area contributed by atoms with Crippen molar-refractivity contribution in [3.05, 3.63) is 0 Å². The Hall–Kier alpha value is -0.120. The normalized spacial score (nSPS) is 25.7. The van der Waals surface area contributed by atoms with Crippen molar-refractivity contribution in [1.29, 1.82) is 0 Å². The fourth-order valence-corrected chi connectivity index (χ4v) is 3.25. The van der Waals surface area contributed by atoms with Crippen LogP contribution in [0.1, 0.15) is 32.6 Å². The summed E-state index contributed by atoms with van der Waals surface area (Å²) in [4.78, 5) is 7.75. The third-order valence-corrected chi connectivity index (χ3v) is 4.70. The Morgan fingerprint density at radius 2 is 1.44 bits per heavy atom. The van der Waals surface area contributed by atoms with Gasteiger partial charge in [-0.2, -0.15) is 0 Å². The molecule has 0 saturated carbocycles. The molecule has 2 aliphatic heterocycles. The molecule has 2 rings (SSSR count). The van der Waals surface area contributed by atoms with Crippen molar-refractivity contribution in [2.24, 2.45) is 5.92 Å². The van der Waals surface area contributed by atoms with Gasteiger partial charge in [0.15, 0.2) is 0 Å². The van der Waals surface area contributed by atoms with Crippen molar-refractivity contribution in [2.75, 3.05) is 59.4 Å². The Bertz CT molecular complexity index is 216. The van der Waals surface area contributed by atoms with Gasteiger partial charge in [0.25, 0.3) is 0 Å². The standard InChI is InChI=1S/C15H31N3/c1-3-7-17-8-4-15(5-9-17)6-10-18-13-11-16(2)12-14-18/h15H,3-14H2,1-2H3. The van der Waals surface area contributed by atoms with E-state index in [2.05, 4.69) is 28.7 Å². The molecule has 3 nitrogen and oxygen atoms in total. The number of nitrogens with zero attached hydrogens (tertiary/aromatic N) is 3. The van der Waals surface area contributed by atoms with Crippen LogP contribution in [-0.2, 0) is 0 Å². The van der Waals surface area contributed by atoms with E-state index in [0.717, 1.165) is 5.92 Å². The van der Waals surface area contributed by atoms with Crippen LogP contribution in [0.15, 0.2) is 0 Å². The van der Waals surface area contributed by atoms with Crippen LogP contribution < -0.4 is 0 Å². The molecule has 2 saturated heterocycles. The lowest BCUT2D eigenvalue weighted by Crippen LogP contribution is -2.45. The molecular formula is C15H31N3. The zero-order chi connectivity index (χ0) is 12.8. The predicted octanol–water partition coefficient (Wildman–Crippen LogP) is 1.75. The SMILES string of the molecule is CCCN1CCC(CCN2CCN(C)CC2)CC1. The van der Waals surface area contributed by atoms with E-state index in [1.165, 1.54) is 78.0 Å². The highest BCUT2D eigenvalue weighted by Gasteiger charge is 2.20. The van der Waals surface area contributed by atoms with Crippen LogP contribution >= 0.6 is 0 Å². The van der Waals surface area contributed by atoms with E-state index in [1.54, 1.807) is 0 Å². The van der Waals surface area contributed by atoms with Crippen molar-refractivity contribution in [1.82, 2.24) is 14.7 Å². The Labute approximate surface area is 113 Å². The summed E-state index contributed by atoms with van der Waals surface area (Å²) in [6.45, 7) is 12.7. The van der Waals surface area contributed by atoms with E-state index in [9.17, 15) is 0 Å². The lowest BCUT2D eigenvalue weighted by molar-refractivity contribution is 0.130. The average Bonchev–Trinajstić information content (AvgIpc) is 2.40. The van der Waals surface area contributed by atoms with Crippen LogP contribution in [0.2, 0.25) is 0 Å². The third-order valence-electron chi connectivity index (χ3n) is 4.70. The molecule has 2 heterocycles. The molecular weight excluding hydrogens is 222 g/mol. The van der Waals surface area contributed by atoms with Gasteiger partial charge < -0.3 is 14.7 Å². The predicted molar refractivity (Wildman–Crippen MR) is 78.0 cm³/mol. The van der Waals surface area contributed by atoms with E-state index in [4.69, 9.17) is 0 Å². The molecule has 3 heteroatoms. The molecule has 0 aromatic carbocycles. The van der Waals surface area contributed by atoms with E-state index in [1.807, 2.05) is 0 Å². The highest BCUT2D eigenvalue weighted by atomic mass is 15.2. The Morgan fingerprint density at radius 3 is 2.06 bits per heavy atom. The van der Waals surface area contributed by atoms with Gasteiger partial charge in [-0.15, -0.1) is 0 Å². The fraction of sp³-hybridized carbons (Fsp3) is 1.00. The van der Waals surface area contributed by atoms with Crippen molar-refractivity contribution < 1.29 is 0 Å². The van der Waals surface area contributed by atoms with Crippen LogP contribution in [0.3, 0.4) is 0 Å². The van der Waals surface area contributed by atoms with Gasteiger partial charge in [0.2, 0.25) is 0 Å². The number of piperazine rings is 1. The highest BCUT2D eigenvalue weighted by molar-refractivity contribution is 4.75. The topological polar surface area (TPSA) is 9.72 Å². The molecule has 2 aliphatic rings. The summed E-state index contributed by atoms with van der Waals surface area (Å²) in [6, 6.07) is 0. The van der Waals surface area contributed by atoms with Crippen molar-refractivity contribution in [3.8, 4) is 0 Å². The molecule has 0 spiro atoms. The largest absolute Gasteiger partial charge is 0.304 e. The maximum absolute atomic E-state index is 2.67. The minimum Gasteiger partial charge on any atom is -0.304 e. The first-order valence-electron chi connectivity index (χ1n) is 7.91. The molecule has 106 valence electrons. The van der Waals surface area contributed by atoms with Crippen molar-refractivity contribution in [3.63, 3.8) is 0 Å². The number of likely N-dealkylation sites (N-methyl/N-ethyl adjacent to an activating group) is 1. The summed E-state index contributed by atoms with van der Waals surface area (Å²) >= 11 is 0. The van der Waals surface area contributed by atoms with Gasteiger partial charge >= 0.3 is 0 Å². The number of rotatable bonds is 5. The lowest BCUT2D eigenvalue weighted by atomic mass is 9.93. The molecule has 0 aromatic rings.